The van der Waals surface area contributed by atoms with Crippen LogP contribution in [0, 0.1) is 5.82 Å². The molecule has 0 aromatic heterocycles. The molecule has 0 fully saturated rings. The van der Waals surface area contributed by atoms with Crippen molar-refractivity contribution >= 4 is 0 Å². The van der Waals surface area contributed by atoms with Gasteiger partial charge in [-0.15, -0.1) is 0 Å². The van der Waals surface area contributed by atoms with Gasteiger partial charge in [0.2, 0.25) is 0 Å². The summed E-state index contributed by atoms with van der Waals surface area (Å²) in [6.45, 7) is 1.02. The molecule has 3 heteroatoms. The quantitative estimate of drug-likeness (QED) is 0.751. The van der Waals surface area contributed by atoms with Crippen molar-refractivity contribution in [3.8, 4) is 16.9 Å². The fourth-order valence-corrected chi connectivity index (χ4v) is 1.69. The Balaban J connectivity index is 2.19. The highest BCUT2D eigenvalue weighted by Crippen LogP contribution is 2.25. The van der Waals surface area contributed by atoms with Gasteiger partial charge < -0.3 is 9.47 Å². The first-order valence-corrected chi connectivity index (χ1v) is 5.78. The fraction of sp³-hybridized carbons (Fsp3) is 0.200. The van der Waals surface area contributed by atoms with Crippen LogP contribution in [0.5, 0.6) is 5.75 Å². The van der Waals surface area contributed by atoms with E-state index in [-0.39, 0.29) is 5.82 Å². The van der Waals surface area contributed by atoms with Crippen LogP contribution in [0.25, 0.3) is 11.1 Å². The number of hydrogen-bond donors (Lipinski definition) is 0. The summed E-state index contributed by atoms with van der Waals surface area (Å²) >= 11 is 0. The zero-order valence-corrected chi connectivity index (χ0v) is 10.2. The summed E-state index contributed by atoms with van der Waals surface area (Å²) in [5.74, 6) is 0.486. The van der Waals surface area contributed by atoms with Crippen molar-refractivity contribution in [2.24, 2.45) is 0 Å². The van der Waals surface area contributed by atoms with Gasteiger partial charge in [-0.2, -0.15) is 0 Å². The zero-order chi connectivity index (χ0) is 12.8. The van der Waals surface area contributed by atoms with E-state index in [0.717, 1.165) is 5.56 Å². The summed E-state index contributed by atoms with van der Waals surface area (Å²) in [6.07, 6.45) is 0. The molecule has 0 radical (unpaired) electrons. The van der Waals surface area contributed by atoms with Gasteiger partial charge in [-0.1, -0.05) is 30.3 Å². The lowest BCUT2D eigenvalue weighted by Gasteiger charge is -2.08. The van der Waals surface area contributed by atoms with E-state index in [0.29, 0.717) is 24.5 Å². The van der Waals surface area contributed by atoms with E-state index < -0.39 is 0 Å². The summed E-state index contributed by atoms with van der Waals surface area (Å²) in [6, 6.07) is 14.1. The van der Waals surface area contributed by atoms with Crippen LogP contribution in [0.2, 0.25) is 0 Å². The average molecular weight is 246 g/mol. The summed E-state index contributed by atoms with van der Waals surface area (Å²) < 4.78 is 24.1. The van der Waals surface area contributed by atoms with Crippen LogP contribution < -0.4 is 4.74 Å². The maximum absolute atomic E-state index is 13.7. The third-order valence-corrected chi connectivity index (χ3v) is 2.58. The largest absolute Gasteiger partial charge is 0.491 e. The Morgan fingerprint density at radius 3 is 2.61 bits per heavy atom. The molecule has 0 heterocycles. The molecular formula is C15H15FO2. The van der Waals surface area contributed by atoms with Crippen LogP contribution in [-0.4, -0.2) is 20.3 Å². The first-order valence-electron chi connectivity index (χ1n) is 5.78. The number of rotatable bonds is 5. The van der Waals surface area contributed by atoms with Crippen LogP contribution in [0.3, 0.4) is 0 Å². The first-order chi connectivity index (χ1) is 8.81. The molecule has 0 N–H and O–H groups in total. The van der Waals surface area contributed by atoms with Crippen molar-refractivity contribution < 1.29 is 13.9 Å². The molecule has 0 aliphatic heterocycles. The summed E-state index contributed by atoms with van der Waals surface area (Å²) in [7, 11) is 1.62. The Labute approximate surface area is 106 Å². The van der Waals surface area contributed by atoms with Crippen LogP contribution in [-0.2, 0) is 4.74 Å². The second-order valence-electron chi connectivity index (χ2n) is 3.85. The lowest BCUT2D eigenvalue weighted by Crippen LogP contribution is -2.04. The average Bonchev–Trinajstić information content (AvgIpc) is 2.40. The fourth-order valence-electron chi connectivity index (χ4n) is 1.69. The van der Waals surface area contributed by atoms with Gasteiger partial charge in [-0.25, -0.2) is 4.39 Å². The van der Waals surface area contributed by atoms with E-state index in [9.17, 15) is 4.39 Å². The van der Waals surface area contributed by atoms with Crippen molar-refractivity contribution in [3.63, 3.8) is 0 Å². The molecule has 0 saturated heterocycles. The first kappa shape index (κ1) is 12.6. The van der Waals surface area contributed by atoms with Crippen LogP contribution in [0.1, 0.15) is 0 Å². The number of hydrogen-bond acceptors (Lipinski definition) is 2. The topological polar surface area (TPSA) is 18.5 Å². The highest BCUT2D eigenvalue weighted by molar-refractivity contribution is 5.65. The predicted molar refractivity (Wildman–Crippen MR) is 69.2 cm³/mol. The Morgan fingerprint density at radius 2 is 1.83 bits per heavy atom. The van der Waals surface area contributed by atoms with E-state index in [1.807, 2.05) is 30.3 Å². The Hall–Kier alpha value is -1.87. The van der Waals surface area contributed by atoms with Gasteiger partial charge in [0, 0.05) is 12.7 Å². The van der Waals surface area contributed by atoms with E-state index >= 15 is 0 Å². The second-order valence-corrected chi connectivity index (χ2v) is 3.85. The van der Waals surface area contributed by atoms with Gasteiger partial charge in [-0.05, 0) is 23.8 Å². The Bertz CT molecular complexity index is 511. The molecule has 0 aliphatic carbocycles. The van der Waals surface area contributed by atoms with Gasteiger partial charge in [0.15, 0.2) is 0 Å². The minimum atomic E-state index is -0.230. The molecular weight excluding hydrogens is 231 g/mol. The lowest BCUT2D eigenvalue weighted by atomic mass is 10.1. The molecule has 2 aromatic rings. The Kier molecular flexibility index (Phi) is 4.31. The summed E-state index contributed by atoms with van der Waals surface area (Å²) in [5, 5.41) is 0. The molecule has 18 heavy (non-hydrogen) atoms. The Morgan fingerprint density at radius 1 is 1.00 bits per heavy atom. The van der Waals surface area contributed by atoms with Gasteiger partial charge in [0.25, 0.3) is 0 Å². The molecule has 0 spiro atoms. The predicted octanol–water partition coefficient (Wildman–Crippen LogP) is 3.52. The highest BCUT2D eigenvalue weighted by atomic mass is 19.1. The van der Waals surface area contributed by atoms with Gasteiger partial charge in [0.1, 0.15) is 18.2 Å². The van der Waals surface area contributed by atoms with Crippen LogP contribution in [0.15, 0.2) is 48.5 Å². The van der Waals surface area contributed by atoms with E-state index in [1.54, 1.807) is 19.2 Å². The molecule has 2 aromatic carbocycles. The van der Waals surface area contributed by atoms with Crippen molar-refractivity contribution in [1.29, 1.82) is 0 Å². The van der Waals surface area contributed by atoms with Crippen molar-refractivity contribution in [2.45, 2.75) is 0 Å². The van der Waals surface area contributed by atoms with Crippen LogP contribution >= 0.6 is 0 Å². The number of ether oxygens (including phenoxy) is 2. The highest BCUT2D eigenvalue weighted by Gasteiger charge is 2.04. The molecule has 0 saturated carbocycles. The lowest BCUT2D eigenvalue weighted by molar-refractivity contribution is 0.146. The number of halogens is 1. The third-order valence-electron chi connectivity index (χ3n) is 2.58. The number of benzene rings is 2. The maximum Gasteiger partial charge on any atom is 0.131 e. The standard InChI is InChI=1S/C15H15FO2/c1-17-9-10-18-13-6-4-5-12(11-13)14-7-2-3-8-15(14)16/h2-8,11H,9-10H2,1H3. The molecule has 2 rings (SSSR count). The molecule has 0 unspecified atom stereocenters. The van der Waals surface area contributed by atoms with Gasteiger partial charge in [-0.3, -0.25) is 0 Å². The minimum absolute atomic E-state index is 0.230. The second kappa shape index (κ2) is 6.17. The van der Waals surface area contributed by atoms with E-state index in [4.69, 9.17) is 9.47 Å². The molecule has 2 nitrogen and oxygen atoms in total. The maximum atomic E-state index is 13.7. The third kappa shape index (κ3) is 3.08. The minimum Gasteiger partial charge on any atom is -0.491 e. The van der Waals surface area contributed by atoms with E-state index in [1.165, 1.54) is 6.07 Å². The molecule has 0 amide bonds. The molecule has 0 atom stereocenters. The van der Waals surface area contributed by atoms with Crippen LogP contribution in [0.4, 0.5) is 4.39 Å². The molecule has 0 bridgehead atoms. The summed E-state index contributed by atoms with van der Waals surface area (Å²) in [4.78, 5) is 0. The normalized spacial score (nSPS) is 10.3. The van der Waals surface area contributed by atoms with Crippen molar-refractivity contribution in [3.05, 3.63) is 54.3 Å². The molecule has 94 valence electrons. The van der Waals surface area contributed by atoms with Gasteiger partial charge in [0.05, 0.1) is 6.61 Å². The number of methoxy groups -OCH3 is 1. The van der Waals surface area contributed by atoms with Crippen molar-refractivity contribution in [1.82, 2.24) is 0 Å². The van der Waals surface area contributed by atoms with Gasteiger partial charge >= 0.3 is 0 Å². The zero-order valence-electron chi connectivity index (χ0n) is 10.2. The SMILES string of the molecule is COCCOc1cccc(-c2ccccc2F)c1. The smallest absolute Gasteiger partial charge is 0.131 e. The molecule has 0 aliphatic rings. The monoisotopic (exact) mass is 246 g/mol. The van der Waals surface area contributed by atoms with Crippen molar-refractivity contribution in [2.75, 3.05) is 20.3 Å². The van der Waals surface area contributed by atoms with E-state index in [2.05, 4.69) is 0 Å². The summed E-state index contributed by atoms with van der Waals surface area (Å²) in [5.41, 5.74) is 1.39.